The highest BCUT2D eigenvalue weighted by Gasteiger charge is 2.31. The number of benzene rings is 1. The van der Waals surface area contributed by atoms with Crippen LogP contribution in [0.4, 0.5) is 0 Å². The maximum Gasteiger partial charge on any atom is 0.143 e. The fourth-order valence-electron chi connectivity index (χ4n) is 1.91. The molecule has 0 amide bonds. The Morgan fingerprint density at radius 2 is 1.88 bits per heavy atom. The zero-order chi connectivity index (χ0) is 12.0. The largest absolute Gasteiger partial charge is 0.360 e. The molecule has 1 aromatic carbocycles. The predicted molar refractivity (Wildman–Crippen MR) is 68.4 cm³/mol. The van der Waals surface area contributed by atoms with E-state index in [2.05, 4.69) is 12.1 Å². The molecule has 0 aliphatic heterocycles. The molecule has 0 spiro atoms. The van der Waals surface area contributed by atoms with Crippen LogP contribution >= 0.6 is 23.2 Å². The van der Waals surface area contributed by atoms with Crippen molar-refractivity contribution in [2.45, 2.75) is 18.8 Å². The van der Waals surface area contributed by atoms with Crippen molar-refractivity contribution in [1.29, 1.82) is 0 Å². The van der Waals surface area contributed by atoms with Crippen LogP contribution in [-0.4, -0.2) is 5.16 Å². The molecule has 0 unspecified atom stereocenters. The molecule has 17 heavy (non-hydrogen) atoms. The third kappa shape index (κ3) is 1.85. The maximum atomic E-state index is 6.15. The van der Waals surface area contributed by atoms with Gasteiger partial charge >= 0.3 is 0 Å². The Morgan fingerprint density at radius 1 is 1.24 bits per heavy atom. The summed E-state index contributed by atoms with van der Waals surface area (Å²) < 4.78 is 5.35. The van der Waals surface area contributed by atoms with Crippen molar-refractivity contribution >= 4 is 23.2 Å². The number of halogens is 2. The first-order chi connectivity index (χ1) is 8.18. The van der Waals surface area contributed by atoms with E-state index in [9.17, 15) is 0 Å². The lowest BCUT2D eigenvalue weighted by Gasteiger charge is -2.03. The van der Waals surface area contributed by atoms with E-state index in [-0.39, 0.29) is 0 Å². The molecule has 0 bridgehead atoms. The van der Waals surface area contributed by atoms with Gasteiger partial charge in [-0.05, 0) is 31.9 Å². The van der Waals surface area contributed by atoms with Crippen LogP contribution in [-0.2, 0) is 0 Å². The number of aromatic nitrogens is 1. The second-order valence-corrected chi connectivity index (χ2v) is 5.06. The zero-order valence-electron chi connectivity index (χ0n) is 9.04. The fourth-order valence-corrected chi connectivity index (χ4v) is 2.49. The third-order valence-corrected chi connectivity index (χ3v) is 3.60. The number of rotatable bonds is 2. The molecule has 1 heterocycles. The minimum Gasteiger partial charge on any atom is -0.360 e. The second-order valence-electron chi connectivity index (χ2n) is 4.24. The van der Waals surface area contributed by atoms with E-state index in [1.54, 1.807) is 18.2 Å². The van der Waals surface area contributed by atoms with Crippen molar-refractivity contribution in [2.24, 2.45) is 0 Å². The molecule has 87 valence electrons. The van der Waals surface area contributed by atoms with E-state index in [1.165, 1.54) is 0 Å². The van der Waals surface area contributed by atoms with E-state index in [0.29, 0.717) is 27.2 Å². The highest BCUT2D eigenvalue weighted by molar-refractivity contribution is 6.39. The van der Waals surface area contributed by atoms with Gasteiger partial charge in [0, 0.05) is 17.0 Å². The molecular formula is C13H10Cl2NO. The molecule has 3 rings (SSSR count). The van der Waals surface area contributed by atoms with Crippen molar-refractivity contribution in [2.75, 3.05) is 0 Å². The summed E-state index contributed by atoms with van der Waals surface area (Å²) >= 11 is 12.3. The standard InChI is InChI=1S/C13H10Cl2NO/c1-7-12(16-17-13(7)8-5-6-8)11-9(14)3-2-4-10(11)15/h2-4,8H,1,5-6H2. The Hall–Kier alpha value is -0.990. The Labute approximate surface area is 110 Å². The van der Waals surface area contributed by atoms with Gasteiger partial charge in [-0.2, -0.15) is 0 Å². The smallest absolute Gasteiger partial charge is 0.143 e. The Bertz CT molecular complexity index is 553. The van der Waals surface area contributed by atoms with Crippen molar-refractivity contribution in [1.82, 2.24) is 5.16 Å². The molecule has 1 aliphatic carbocycles. The molecule has 4 heteroatoms. The van der Waals surface area contributed by atoms with Crippen LogP contribution < -0.4 is 0 Å². The first-order valence-corrected chi connectivity index (χ1v) is 6.20. The van der Waals surface area contributed by atoms with E-state index in [1.807, 2.05) is 0 Å². The normalized spacial score (nSPS) is 15.2. The zero-order valence-corrected chi connectivity index (χ0v) is 10.6. The van der Waals surface area contributed by atoms with Gasteiger partial charge in [-0.3, -0.25) is 0 Å². The van der Waals surface area contributed by atoms with Crippen LogP contribution in [0.25, 0.3) is 11.3 Å². The average Bonchev–Trinajstić information content (AvgIpc) is 3.05. The molecule has 0 N–H and O–H groups in total. The van der Waals surface area contributed by atoms with Crippen LogP contribution in [0.2, 0.25) is 10.0 Å². The quantitative estimate of drug-likeness (QED) is 0.787. The number of hydrogen-bond donors (Lipinski definition) is 0. The Balaban J connectivity index is 2.15. The molecule has 1 saturated carbocycles. The van der Waals surface area contributed by atoms with Gasteiger partial charge in [0.1, 0.15) is 11.5 Å². The Kier molecular flexibility index (Phi) is 2.64. The summed E-state index contributed by atoms with van der Waals surface area (Å²) in [5.41, 5.74) is 2.17. The molecule has 2 nitrogen and oxygen atoms in total. The lowest BCUT2D eigenvalue weighted by atomic mass is 10.1. The molecule has 2 aromatic rings. The second kappa shape index (κ2) is 4.04. The molecule has 1 radical (unpaired) electrons. The Morgan fingerprint density at radius 3 is 2.47 bits per heavy atom. The molecule has 0 atom stereocenters. The van der Waals surface area contributed by atoms with Gasteiger partial charge in [0.2, 0.25) is 0 Å². The monoisotopic (exact) mass is 266 g/mol. The molecular weight excluding hydrogens is 257 g/mol. The van der Waals surface area contributed by atoms with Crippen LogP contribution in [0, 0.1) is 6.92 Å². The van der Waals surface area contributed by atoms with Gasteiger partial charge in [-0.15, -0.1) is 0 Å². The fraction of sp³-hybridized carbons (Fsp3) is 0.231. The summed E-state index contributed by atoms with van der Waals surface area (Å²) in [6.07, 6.45) is 2.29. The molecule has 0 saturated heterocycles. The number of hydrogen-bond acceptors (Lipinski definition) is 2. The van der Waals surface area contributed by atoms with Gasteiger partial charge in [0.25, 0.3) is 0 Å². The maximum absolute atomic E-state index is 6.15. The molecule has 1 fully saturated rings. The third-order valence-electron chi connectivity index (χ3n) is 2.97. The summed E-state index contributed by atoms with van der Waals surface area (Å²) in [7, 11) is 0. The number of nitrogens with zero attached hydrogens (tertiary/aromatic N) is 1. The van der Waals surface area contributed by atoms with Crippen molar-refractivity contribution in [3.63, 3.8) is 0 Å². The molecule has 1 aromatic heterocycles. The summed E-state index contributed by atoms with van der Waals surface area (Å²) in [6, 6.07) is 5.38. The van der Waals surface area contributed by atoms with Gasteiger partial charge in [-0.1, -0.05) is 34.4 Å². The average molecular weight is 267 g/mol. The first-order valence-electron chi connectivity index (χ1n) is 5.44. The van der Waals surface area contributed by atoms with E-state index < -0.39 is 0 Å². The van der Waals surface area contributed by atoms with Crippen molar-refractivity contribution in [3.8, 4) is 11.3 Å². The lowest BCUT2D eigenvalue weighted by molar-refractivity contribution is 0.386. The van der Waals surface area contributed by atoms with Crippen LogP contribution in [0.5, 0.6) is 0 Å². The summed E-state index contributed by atoms with van der Waals surface area (Å²) in [4.78, 5) is 0. The van der Waals surface area contributed by atoms with E-state index in [0.717, 1.165) is 24.2 Å². The highest BCUT2D eigenvalue weighted by Crippen LogP contribution is 2.45. The van der Waals surface area contributed by atoms with Gasteiger partial charge in [-0.25, -0.2) is 0 Å². The summed E-state index contributed by atoms with van der Waals surface area (Å²) in [5.74, 6) is 1.35. The van der Waals surface area contributed by atoms with Gasteiger partial charge in [0.05, 0.1) is 10.0 Å². The topological polar surface area (TPSA) is 26.0 Å². The SMILES string of the molecule is [CH2]c1c(-c2c(Cl)cccc2Cl)noc1C1CC1. The van der Waals surface area contributed by atoms with Gasteiger partial charge < -0.3 is 4.52 Å². The lowest BCUT2D eigenvalue weighted by Crippen LogP contribution is -1.85. The van der Waals surface area contributed by atoms with E-state index in [4.69, 9.17) is 27.7 Å². The van der Waals surface area contributed by atoms with Crippen molar-refractivity contribution < 1.29 is 4.52 Å². The van der Waals surface area contributed by atoms with E-state index >= 15 is 0 Å². The van der Waals surface area contributed by atoms with Crippen LogP contribution in [0.1, 0.15) is 30.1 Å². The van der Waals surface area contributed by atoms with Gasteiger partial charge in [0.15, 0.2) is 0 Å². The van der Waals surface area contributed by atoms with Crippen LogP contribution in [0.3, 0.4) is 0 Å². The van der Waals surface area contributed by atoms with Crippen molar-refractivity contribution in [3.05, 3.63) is 46.5 Å². The minimum atomic E-state index is 0.477. The molecule has 1 aliphatic rings. The first kappa shape index (κ1) is 11.1. The van der Waals surface area contributed by atoms with Crippen LogP contribution in [0.15, 0.2) is 22.7 Å². The highest BCUT2D eigenvalue weighted by atomic mass is 35.5. The minimum absolute atomic E-state index is 0.477. The predicted octanol–water partition coefficient (Wildman–Crippen LogP) is 4.71. The summed E-state index contributed by atoms with van der Waals surface area (Å²) in [5, 5.41) is 5.20. The summed E-state index contributed by atoms with van der Waals surface area (Å²) in [6.45, 7) is 4.03.